The lowest BCUT2D eigenvalue weighted by Gasteiger charge is -2.14. The Kier molecular flexibility index (Phi) is 4.17. The molecule has 1 unspecified atom stereocenters. The van der Waals surface area contributed by atoms with E-state index in [4.69, 9.17) is 11.6 Å². The van der Waals surface area contributed by atoms with Gasteiger partial charge in [0.2, 0.25) is 0 Å². The number of aliphatic hydroxyl groups is 1. The van der Waals surface area contributed by atoms with Crippen molar-refractivity contribution in [2.75, 3.05) is 0 Å². The minimum Gasteiger partial charge on any atom is -0.388 e. The van der Waals surface area contributed by atoms with Crippen LogP contribution < -0.4 is 0 Å². The summed E-state index contributed by atoms with van der Waals surface area (Å²) in [5, 5.41) is 10.3. The molecule has 19 heavy (non-hydrogen) atoms. The topological polar surface area (TPSA) is 20.2 Å². The van der Waals surface area contributed by atoms with Crippen molar-refractivity contribution in [2.24, 2.45) is 0 Å². The lowest BCUT2D eigenvalue weighted by molar-refractivity contribution is 0.173. The molecule has 0 aliphatic carbocycles. The van der Waals surface area contributed by atoms with Gasteiger partial charge in [0.15, 0.2) is 0 Å². The van der Waals surface area contributed by atoms with E-state index in [-0.39, 0.29) is 22.8 Å². The van der Waals surface area contributed by atoms with Crippen molar-refractivity contribution in [1.82, 2.24) is 0 Å². The van der Waals surface area contributed by atoms with Crippen LogP contribution in [-0.4, -0.2) is 5.11 Å². The first-order chi connectivity index (χ1) is 8.97. The van der Waals surface area contributed by atoms with E-state index in [1.54, 1.807) is 13.0 Å². The molecule has 2 rings (SSSR count). The van der Waals surface area contributed by atoms with Crippen LogP contribution in [0.3, 0.4) is 0 Å². The average molecular weight is 283 g/mol. The van der Waals surface area contributed by atoms with Gasteiger partial charge in [-0.2, -0.15) is 0 Å². The highest BCUT2D eigenvalue weighted by molar-refractivity contribution is 6.30. The fraction of sp³-hybridized carbons (Fsp3) is 0.200. The fourth-order valence-electron chi connectivity index (χ4n) is 1.98. The van der Waals surface area contributed by atoms with Crippen molar-refractivity contribution < 1.29 is 13.9 Å². The number of halogens is 3. The van der Waals surface area contributed by atoms with E-state index in [2.05, 4.69) is 0 Å². The van der Waals surface area contributed by atoms with Crippen LogP contribution in [-0.2, 0) is 6.42 Å². The van der Waals surface area contributed by atoms with E-state index in [1.807, 2.05) is 0 Å². The van der Waals surface area contributed by atoms with Crippen LogP contribution in [0.25, 0.3) is 0 Å². The summed E-state index contributed by atoms with van der Waals surface area (Å²) in [7, 11) is 0. The number of rotatable bonds is 3. The van der Waals surface area contributed by atoms with Crippen molar-refractivity contribution in [3.63, 3.8) is 0 Å². The third kappa shape index (κ3) is 3.31. The SMILES string of the molecule is Cc1cc(F)ccc1CC(O)c1ccc(Cl)cc1F. The molecule has 0 aliphatic heterocycles. The molecular weight excluding hydrogens is 270 g/mol. The zero-order valence-corrected chi connectivity index (χ0v) is 11.1. The highest BCUT2D eigenvalue weighted by Gasteiger charge is 2.15. The molecule has 100 valence electrons. The summed E-state index contributed by atoms with van der Waals surface area (Å²) in [5.74, 6) is -0.867. The molecule has 0 spiro atoms. The van der Waals surface area contributed by atoms with Gasteiger partial charge in [-0.1, -0.05) is 23.7 Å². The van der Waals surface area contributed by atoms with Gasteiger partial charge in [-0.25, -0.2) is 8.78 Å². The molecule has 2 aromatic carbocycles. The number of aryl methyl sites for hydroxylation is 1. The van der Waals surface area contributed by atoms with Crippen LogP contribution in [0, 0.1) is 18.6 Å². The Hall–Kier alpha value is -1.45. The van der Waals surface area contributed by atoms with Gasteiger partial charge in [0.25, 0.3) is 0 Å². The predicted octanol–water partition coefficient (Wildman–Crippen LogP) is 4.20. The van der Waals surface area contributed by atoms with Gasteiger partial charge in [0.1, 0.15) is 11.6 Å². The first-order valence-corrected chi connectivity index (χ1v) is 6.23. The van der Waals surface area contributed by atoms with E-state index < -0.39 is 11.9 Å². The normalized spacial score (nSPS) is 12.5. The Bertz CT molecular complexity index is 599. The molecule has 0 heterocycles. The molecule has 0 fully saturated rings. The van der Waals surface area contributed by atoms with Gasteiger partial charge in [-0.05, 0) is 42.3 Å². The number of hydrogen-bond acceptors (Lipinski definition) is 1. The van der Waals surface area contributed by atoms with Gasteiger partial charge in [0, 0.05) is 17.0 Å². The standard InChI is InChI=1S/C15H13ClF2O/c1-9-6-12(17)4-2-10(9)7-15(19)13-5-3-11(16)8-14(13)18/h2-6,8,15,19H,7H2,1H3. The number of benzene rings is 2. The Balaban J connectivity index is 2.23. The first kappa shape index (κ1) is 14.0. The average Bonchev–Trinajstić information content (AvgIpc) is 2.32. The van der Waals surface area contributed by atoms with Crippen molar-refractivity contribution >= 4 is 11.6 Å². The Morgan fingerprint density at radius 1 is 1.16 bits per heavy atom. The van der Waals surface area contributed by atoms with E-state index in [9.17, 15) is 13.9 Å². The smallest absolute Gasteiger partial charge is 0.130 e. The largest absolute Gasteiger partial charge is 0.388 e. The summed E-state index contributed by atoms with van der Waals surface area (Å²) in [6.07, 6.45) is -0.758. The van der Waals surface area contributed by atoms with Crippen molar-refractivity contribution in [3.05, 3.63) is 69.7 Å². The summed E-state index contributed by atoms with van der Waals surface area (Å²) in [4.78, 5) is 0. The van der Waals surface area contributed by atoms with Gasteiger partial charge in [-0.3, -0.25) is 0 Å². The zero-order valence-electron chi connectivity index (χ0n) is 10.3. The molecule has 0 amide bonds. The second-order valence-corrected chi connectivity index (χ2v) is 4.89. The molecule has 2 aromatic rings. The molecular formula is C15H13ClF2O. The third-order valence-electron chi connectivity index (χ3n) is 3.04. The molecule has 0 radical (unpaired) electrons. The Morgan fingerprint density at radius 3 is 2.53 bits per heavy atom. The molecule has 1 N–H and O–H groups in total. The summed E-state index contributed by atoms with van der Waals surface area (Å²) >= 11 is 5.66. The second kappa shape index (κ2) is 5.68. The van der Waals surface area contributed by atoms with Crippen molar-refractivity contribution in [1.29, 1.82) is 0 Å². The maximum absolute atomic E-state index is 13.7. The summed E-state index contributed by atoms with van der Waals surface area (Å²) < 4.78 is 26.6. The van der Waals surface area contributed by atoms with Gasteiger partial charge >= 0.3 is 0 Å². The van der Waals surface area contributed by atoms with Crippen LogP contribution in [0.15, 0.2) is 36.4 Å². The van der Waals surface area contributed by atoms with E-state index in [1.165, 1.54) is 24.3 Å². The molecule has 1 nitrogen and oxygen atoms in total. The van der Waals surface area contributed by atoms with Gasteiger partial charge in [0.05, 0.1) is 6.10 Å². The monoisotopic (exact) mass is 282 g/mol. The molecule has 4 heteroatoms. The van der Waals surface area contributed by atoms with Crippen molar-refractivity contribution in [3.8, 4) is 0 Å². The fourth-order valence-corrected chi connectivity index (χ4v) is 2.14. The molecule has 0 aliphatic rings. The van der Waals surface area contributed by atoms with Gasteiger partial charge in [-0.15, -0.1) is 0 Å². The predicted molar refractivity (Wildman–Crippen MR) is 71.2 cm³/mol. The summed E-state index contributed by atoms with van der Waals surface area (Å²) in [6.45, 7) is 1.75. The summed E-state index contributed by atoms with van der Waals surface area (Å²) in [6, 6.07) is 8.47. The minimum atomic E-state index is -0.985. The van der Waals surface area contributed by atoms with Crippen molar-refractivity contribution in [2.45, 2.75) is 19.4 Å². The van der Waals surface area contributed by atoms with Crippen LogP contribution in [0.1, 0.15) is 22.8 Å². The first-order valence-electron chi connectivity index (χ1n) is 5.85. The molecule has 0 saturated heterocycles. The highest BCUT2D eigenvalue weighted by Crippen LogP contribution is 2.25. The zero-order chi connectivity index (χ0) is 14.0. The Morgan fingerprint density at radius 2 is 1.89 bits per heavy atom. The van der Waals surface area contributed by atoms with Crippen LogP contribution >= 0.6 is 11.6 Å². The molecule has 0 saturated carbocycles. The van der Waals surface area contributed by atoms with E-state index in [0.717, 1.165) is 17.2 Å². The molecule has 1 atom stereocenters. The quantitative estimate of drug-likeness (QED) is 0.894. The van der Waals surface area contributed by atoms with Crippen LogP contribution in [0.2, 0.25) is 5.02 Å². The lowest BCUT2D eigenvalue weighted by atomic mass is 9.98. The summed E-state index contributed by atoms with van der Waals surface area (Å²) in [5.41, 5.74) is 1.70. The molecule has 0 bridgehead atoms. The van der Waals surface area contributed by atoms with Crippen LogP contribution in [0.4, 0.5) is 8.78 Å². The minimum absolute atomic E-state index is 0.188. The Labute approximate surface area is 115 Å². The third-order valence-corrected chi connectivity index (χ3v) is 3.27. The molecule has 0 aromatic heterocycles. The van der Waals surface area contributed by atoms with E-state index in [0.29, 0.717) is 0 Å². The second-order valence-electron chi connectivity index (χ2n) is 4.46. The van der Waals surface area contributed by atoms with Gasteiger partial charge < -0.3 is 5.11 Å². The van der Waals surface area contributed by atoms with E-state index >= 15 is 0 Å². The highest BCUT2D eigenvalue weighted by atomic mass is 35.5. The number of aliphatic hydroxyl groups excluding tert-OH is 1. The lowest BCUT2D eigenvalue weighted by Crippen LogP contribution is -2.05. The van der Waals surface area contributed by atoms with Crippen LogP contribution in [0.5, 0.6) is 0 Å². The number of hydrogen-bond donors (Lipinski definition) is 1. The maximum atomic E-state index is 13.7. The maximum Gasteiger partial charge on any atom is 0.130 e.